The standard InChI is InChI=1S/C16H17N3O2/c1-10-6-11(2)8-12(7-10)13(17)9-19-15-14(21-16(19)20)4-3-5-18-15/h3-8,13H,9,17H2,1-2H3. The third kappa shape index (κ3) is 2.60. The topological polar surface area (TPSA) is 74.0 Å². The maximum Gasteiger partial charge on any atom is 0.421 e. The van der Waals surface area contributed by atoms with Crippen LogP contribution in [-0.4, -0.2) is 9.55 Å². The molecule has 0 bridgehead atoms. The van der Waals surface area contributed by atoms with Gasteiger partial charge in [-0.25, -0.2) is 9.78 Å². The van der Waals surface area contributed by atoms with Crippen LogP contribution in [0.5, 0.6) is 0 Å². The molecular weight excluding hydrogens is 266 g/mol. The Bertz CT molecular complexity index is 828. The minimum absolute atomic E-state index is 0.288. The number of aryl methyl sites for hydroxylation is 2. The summed E-state index contributed by atoms with van der Waals surface area (Å²) in [5.74, 6) is -0.427. The zero-order valence-electron chi connectivity index (χ0n) is 12.0. The molecule has 2 heterocycles. The zero-order valence-corrected chi connectivity index (χ0v) is 12.0. The molecule has 108 valence electrons. The van der Waals surface area contributed by atoms with Gasteiger partial charge < -0.3 is 10.2 Å². The average molecular weight is 283 g/mol. The molecular formula is C16H17N3O2. The van der Waals surface area contributed by atoms with Crippen molar-refractivity contribution in [1.82, 2.24) is 9.55 Å². The predicted octanol–water partition coefficient (Wildman–Crippen LogP) is 2.31. The van der Waals surface area contributed by atoms with Gasteiger partial charge in [0, 0.05) is 12.2 Å². The molecule has 2 aromatic heterocycles. The van der Waals surface area contributed by atoms with E-state index in [2.05, 4.69) is 11.1 Å². The fraction of sp³-hybridized carbons (Fsp3) is 0.250. The number of fused-ring (bicyclic) bond motifs is 1. The van der Waals surface area contributed by atoms with Gasteiger partial charge in [0.1, 0.15) is 0 Å². The maximum absolute atomic E-state index is 11.9. The van der Waals surface area contributed by atoms with Crippen LogP contribution >= 0.6 is 0 Å². The molecule has 0 fully saturated rings. The first kappa shape index (κ1) is 13.6. The number of hydrogen-bond acceptors (Lipinski definition) is 4. The lowest BCUT2D eigenvalue weighted by Crippen LogP contribution is -2.24. The van der Waals surface area contributed by atoms with Crippen molar-refractivity contribution >= 4 is 11.2 Å². The zero-order chi connectivity index (χ0) is 15.0. The van der Waals surface area contributed by atoms with Crippen LogP contribution in [0.1, 0.15) is 22.7 Å². The summed E-state index contributed by atoms with van der Waals surface area (Å²) in [7, 11) is 0. The molecule has 1 aromatic carbocycles. The largest absolute Gasteiger partial charge is 0.421 e. The van der Waals surface area contributed by atoms with Gasteiger partial charge in [-0.3, -0.25) is 4.57 Å². The molecule has 3 rings (SSSR count). The molecule has 5 nitrogen and oxygen atoms in total. The lowest BCUT2D eigenvalue weighted by atomic mass is 10.0. The van der Waals surface area contributed by atoms with Crippen molar-refractivity contribution in [1.29, 1.82) is 0 Å². The fourth-order valence-electron chi connectivity index (χ4n) is 2.59. The van der Waals surface area contributed by atoms with Crippen molar-refractivity contribution in [2.24, 2.45) is 5.73 Å². The Hall–Kier alpha value is -2.40. The van der Waals surface area contributed by atoms with E-state index in [4.69, 9.17) is 10.2 Å². The van der Waals surface area contributed by atoms with Gasteiger partial charge in [0.05, 0.1) is 6.54 Å². The van der Waals surface area contributed by atoms with Gasteiger partial charge >= 0.3 is 5.76 Å². The number of hydrogen-bond donors (Lipinski definition) is 1. The monoisotopic (exact) mass is 283 g/mol. The van der Waals surface area contributed by atoms with E-state index in [1.807, 2.05) is 26.0 Å². The number of oxazole rings is 1. The van der Waals surface area contributed by atoms with E-state index in [0.29, 0.717) is 17.8 Å². The number of nitrogens with zero attached hydrogens (tertiary/aromatic N) is 2. The second kappa shape index (κ2) is 5.18. The van der Waals surface area contributed by atoms with Gasteiger partial charge in [0.25, 0.3) is 0 Å². The molecule has 0 amide bonds. The first-order valence-electron chi connectivity index (χ1n) is 6.83. The van der Waals surface area contributed by atoms with Crippen LogP contribution < -0.4 is 11.5 Å². The molecule has 2 N–H and O–H groups in total. The van der Waals surface area contributed by atoms with Crippen molar-refractivity contribution in [2.75, 3.05) is 0 Å². The molecule has 0 aliphatic carbocycles. The van der Waals surface area contributed by atoms with E-state index in [9.17, 15) is 4.79 Å². The molecule has 0 radical (unpaired) electrons. The highest BCUT2D eigenvalue weighted by molar-refractivity contribution is 5.67. The Balaban J connectivity index is 1.98. The van der Waals surface area contributed by atoms with Gasteiger partial charge in [-0.05, 0) is 31.5 Å². The Labute approximate surface area is 122 Å². The summed E-state index contributed by atoms with van der Waals surface area (Å²) in [5.41, 5.74) is 10.6. The minimum Gasteiger partial charge on any atom is -0.406 e. The first-order chi connectivity index (χ1) is 10.0. The van der Waals surface area contributed by atoms with E-state index in [0.717, 1.165) is 16.7 Å². The molecule has 1 atom stereocenters. The lowest BCUT2D eigenvalue weighted by molar-refractivity contribution is 0.480. The Morgan fingerprint density at radius 2 is 2.00 bits per heavy atom. The van der Waals surface area contributed by atoms with Gasteiger partial charge in [-0.1, -0.05) is 29.3 Å². The summed E-state index contributed by atoms with van der Waals surface area (Å²) in [6.07, 6.45) is 1.64. The molecule has 0 aliphatic heterocycles. The lowest BCUT2D eigenvalue weighted by Gasteiger charge is -2.14. The van der Waals surface area contributed by atoms with Crippen molar-refractivity contribution in [3.8, 4) is 0 Å². The van der Waals surface area contributed by atoms with Crippen molar-refractivity contribution in [3.05, 3.63) is 63.8 Å². The summed E-state index contributed by atoms with van der Waals surface area (Å²) in [4.78, 5) is 16.1. The molecule has 5 heteroatoms. The first-order valence-corrected chi connectivity index (χ1v) is 6.83. The highest BCUT2D eigenvalue weighted by Crippen LogP contribution is 2.18. The molecule has 1 unspecified atom stereocenters. The minimum atomic E-state index is -0.427. The van der Waals surface area contributed by atoms with Crippen LogP contribution in [-0.2, 0) is 6.54 Å². The molecule has 0 aliphatic rings. The summed E-state index contributed by atoms with van der Waals surface area (Å²) >= 11 is 0. The molecule has 0 saturated carbocycles. The van der Waals surface area contributed by atoms with E-state index >= 15 is 0 Å². The van der Waals surface area contributed by atoms with Gasteiger partial charge in [0.2, 0.25) is 0 Å². The van der Waals surface area contributed by atoms with E-state index in [1.54, 1.807) is 18.3 Å². The Kier molecular flexibility index (Phi) is 3.35. The number of aromatic nitrogens is 2. The normalized spacial score (nSPS) is 12.7. The number of benzene rings is 1. The third-order valence-electron chi connectivity index (χ3n) is 3.48. The molecule has 0 spiro atoms. The quantitative estimate of drug-likeness (QED) is 0.800. The maximum atomic E-state index is 11.9. The van der Waals surface area contributed by atoms with Gasteiger partial charge in [-0.2, -0.15) is 0 Å². The number of nitrogens with two attached hydrogens (primary N) is 1. The Morgan fingerprint density at radius 1 is 1.29 bits per heavy atom. The molecule has 0 saturated heterocycles. The highest BCUT2D eigenvalue weighted by atomic mass is 16.4. The number of rotatable bonds is 3. The van der Waals surface area contributed by atoms with Crippen LogP contribution in [0.2, 0.25) is 0 Å². The Morgan fingerprint density at radius 3 is 2.71 bits per heavy atom. The summed E-state index contributed by atoms with van der Waals surface area (Å²) < 4.78 is 6.66. The van der Waals surface area contributed by atoms with Crippen molar-refractivity contribution in [3.63, 3.8) is 0 Å². The van der Waals surface area contributed by atoms with Crippen molar-refractivity contribution in [2.45, 2.75) is 26.4 Å². The fourth-order valence-corrected chi connectivity index (χ4v) is 2.59. The van der Waals surface area contributed by atoms with E-state index < -0.39 is 5.76 Å². The molecule has 3 aromatic rings. The van der Waals surface area contributed by atoms with Crippen LogP contribution in [0.3, 0.4) is 0 Å². The average Bonchev–Trinajstić information content (AvgIpc) is 2.74. The summed E-state index contributed by atoms with van der Waals surface area (Å²) in [5, 5.41) is 0. The smallest absolute Gasteiger partial charge is 0.406 e. The SMILES string of the molecule is Cc1cc(C)cc(C(N)Cn2c(=O)oc3cccnc32)c1. The van der Waals surface area contributed by atoms with Crippen molar-refractivity contribution < 1.29 is 4.42 Å². The van der Waals surface area contributed by atoms with E-state index in [-0.39, 0.29) is 6.04 Å². The molecule has 21 heavy (non-hydrogen) atoms. The van der Waals surface area contributed by atoms with E-state index in [1.165, 1.54) is 4.57 Å². The van der Waals surface area contributed by atoms with Gasteiger partial charge in [0.15, 0.2) is 11.2 Å². The number of pyridine rings is 1. The third-order valence-corrected chi connectivity index (χ3v) is 3.48. The van der Waals surface area contributed by atoms with Gasteiger partial charge in [-0.15, -0.1) is 0 Å². The summed E-state index contributed by atoms with van der Waals surface area (Å²) in [6, 6.07) is 9.35. The highest BCUT2D eigenvalue weighted by Gasteiger charge is 2.15. The van der Waals surface area contributed by atoms with Crippen LogP contribution in [0.4, 0.5) is 0 Å². The predicted molar refractivity (Wildman–Crippen MR) is 81.1 cm³/mol. The second-order valence-electron chi connectivity index (χ2n) is 5.33. The second-order valence-corrected chi connectivity index (χ2v) is 5.33. The van der Waals surface area contributed by atoms with Crippen LogP contribution in [0, 0.1) is 13.8 Å². The van der Waals surface area contributed by atoms with Crippen LogP contribution in [0.25, 0.3) is 11.2 Å². The van der Waals surface area contributed by atoms with Crippen LogP contribution in [0.15, 0.2) is 45.7 Å². The summed E-state index contributed by atoms with van der Waals surface area (Å²) in [6.45, 7) is 4.40.